The largest absolute Gasteiger partial charge is 0.496 e. The lowest BCUT2D eigenvalue weighted by Gasteiger charge is -2.10. The number of carbonyl (C=O) groups excluding carboxylic acids is 1. The second-order valence-corrected chi connectivity index (χ2v) is 5.18. The number of benzene rings is 1. The van der Waals surface area contributed by atoms with Crippen LogP contribution in [0, 0.1) is 5.92 Å². The van der Waals surface area contributed by atoms with Crippen molar-refractivity contribution in [1.29, 1.82) is 0 Å². The Bertz CT molecular complexity index is 427. The molecule has 0 aromatic heterocycles. The van der Waals surface area contributed by atoms with E-state index in [2.05, 4.69) is 5.32 Å². The second kappa shape index (κ2) is 7.90. The lowest BCUT2D eigenvalue weighted by molar-refractivity contribution is -0.121. The topological polar surface area (TPSA) is 47.6 Å². The van der Waals surface area contributed by atoms with Crippen LogP contribution in [0.2, 0.25) is 0 Å². The molecule has 0 bridgehead atoms. The summed E-state index contributed by atoms with van der Waals surface area (Å²) in [6, 6.07) is 7.83. The normalized spacial score (nSPS) is 17.9. The summed E-state index contributed by atoms with van der Waals surface area (Å²) in [7, 11) is 1.66. The number of para-hydroxylation sites is 1. The Labute approximate surface area is 120 Å². The Hall–Kier alpha value is -1.55. The first kappa shape index (κ1) is 14.9. The highest BCUT2D eigenvalue weighted by molar-refractivity contribution is 5.76. The number of hydrogen-bond donors (Lipinski definition) is 1. The van der Waals surface area contributed by atoms with Gasteiger partial charge in [-0.3, -0.25) is 4.79 Å². The minimum absolute atomic E-state index is 0.106. The fourth-order valence-corrected chi connectivity index (χ4v) is 2.47. The average Bonchev–Trinajstić information content (AvgIpc) is 2.98. The van der Waals surface area contributed by atoms with Crippen molar-refractivity contribution in [2.45, 2.75) is 25.7 Å². The molecule has 0 aliphatic carbocycles. The summed E-state index contributed by atoms with van der Waals surface area (Å²) >= 11 is 0. The Morgan fingerprint density at radius 1 is 1.45 bits per heavy atom. The lowest BCUT2D eigenvalue weighted by Crippen LogP contribution is -2.26. The van der Waals surface area contributed by atoms with Crippen molar-refractivity contribution in [2.75, 3.05) is 26.9 Å². The Morgan fingerprint density at radius 2 is 2.30 bits per heavy atom. The molecular formula is C16H23NO3. The quantitative estimate of drug-likeness (QED) is 0.831. The van der Waals surface area contributed by atoms with Crippen LogP contribution >= 0.6 is 0 Å². The number of rotatable bonds is 7. The van der Waals surface area contributed by atoms with Crippen molar-refractivity contribution in [2.24, 2.45) is 5.92 Å². The zero-order valence-corrected chi connectivity index (χ0v) is 12.1. The van der Waals surface area contributed by atoms with E-state index in [4.69, 9.17) is 9.47 Å². The molecule has 1 aromatic carbocycles. The van der Waals surface area contributed by atoms with E-state index in [1.165, 1.54) is 0 Å². The van der Waals surface area contributed by atoms with Gasteiger partial charge in [0, 0.05) is 26.2 Å². The van der Waals surface area contributed by atoms with Crippen LogP contribution in [0.15, 0.2) is 24.3 Å². The molecule has 1 atom stereocenters. The summed E-state index contributed by atoms with van der Waals surface area (Å²) in [4.78, 5) is 11.8. The molecule has 1 heterocycles. The van der Waals surface area contributed by atoms with Gasteiger partial charge in [0.05, 0.1) is 7.11 Å². The van der Waals surface area contributed by atoms with Crippen LogP contribution in [-0.2, 0) is 16.0 Å². The first-order valence-corrected chi connectivity index (χ1v) is 7.26. The minimum Gasteiger partial charge on any atom is -0.496 e. The van der Waals surface area contributed by atoms with Gasteiger partial charge in [0.2, 0.25) is 5.91 Å². The first-order chi connectivity index (χ1) is 9.79. The fraction of sp³-hybridized carbons (Fsp3) is 0.562. The zero-order valence-electron chi connectivity index (χ0n) is 12.1. The predicted octanol–water partition coefficient (Wildman–Crippen LogP) is 2.17. The molecule has 0 unspecified atom stereocenters. The molecule has 110 valence electrons. The predicted molar refractivity (Wildman–Crippen MR) is 77.9 cm³/mol. The van der Waals surface area contributed by atoms with Crippen molar-refractivity contribution in [3.8, 4) is 5.75 Å². The molecule has 1 aromatic rings. The molecule has 20 heavy (non-hydrogen) atoms. The van der Waals surface area contributed by atoms with Crippen LogP contribution in [0.25, 0.3) is 0 Å². The van der Waals surface area contributed by atoms with E-state index in [1.807, 2.05) is 24.3 Å². The first-order valence-electron chi connectivity index (χ1n) is 7.26. The third-order valence-electron chi connectivity index (χ3n) is 3.71. The molecule has 1 amide bonds. The van der Waals surface area contributed by atoms with Gasteiger partial charge in [0.15, 0.2) is 0 Å². The molecule has 1 aliphatic rings. The van der Waals surface area contributed by atoms with Crippen molar-refractivity contribution < 1.29 is 14.3 Å². The van der Waals surface area contributed by atoms with Crippen molar-refractivity contribution in [3.05, 3.63) is 29.8 Å². The summed E-state index contributed by atoms with van der Waals surface area (Å²) in [6.07, 6.45) is 3.35. The SMILES string of the molecule is COc1ccccc1CCC(=O)NCC[C@H]1CCOC1. The highest BCUT2D eigenvalue weighted by Crippen LogP contribution is 2.19. The maximum Gasteiger partial charge on any atom is 0.220 e. The molecule has 1 N–H and O–H groups in total. The summed E-state index contributed by atoms with van der Waals surface area (Å²) in [6.45, 7) is 2.46. The smallest absolute Gasteiger partial charge is 0.220 e. The fourth-order valence-electron chi connectivity index (χ4n) is 2.47. The molecule has 4 heteroatoms. The van der Waals surface area contributed by atoms with Crippen LogP contribution in [0.4, 0.5) is 0 Å². The van der Waals surface area contributed by atoms with Gasteiger partial charge in [-0.15, -0.1) is 0 Å². The van der Waals surface area contributed by atoms with Gasteiger partial charge in [-0.25, -0.2) is 0 Å². The molecular weight excluding hydrogens is 254 g/mol. The monoisotopic (exact) mass is 277 g/mol. The summed E-state index contributed by atoms with van der Waals surface area (Å²) < 4.78 is 10.6. The highest BCUT2D eigenvalue weighted by atomic mass is 16.5. The van der Waals surface area contributed by atoms with Crippen LogP contribution in [0.5, 0.6) is 5.75 Å². The molecule has 2 rings (SSSR count). The number of methoxy groups -OCH3 is 1. The summed E-state index contributed by atoms with van der Waals surface area (Å²) in [5.74, 6) is 1.57. The van der Waals surface area contributed by atoms with Crippen LogP contribution in [0.1, 0.15) is 24.8 Å². The van der Waals surface area contributed by atoms with Gasteiger partial charge in [0.25, 0.3) is 0 Å². The van der Waals surface area contributed by atoms with Gasteiger partial charge < -0.3 is 14.8 Å². The van der Waals surface area contributed by atoms with E-state index in [0.29, 0.717) is 18.8 Å². The Kier molecular flexibility index (Phi) is 5.87. The third kappa shape index (κ3) is 4.53. The van der Waals surface area contributed by atoms with Gasteiger partial charge in [-0.1, -0.05) is 18.2 Å². The maximum atomic E-state index is 11.8. The van der Waals surface area contributed by atoms with Gasteiger partial charge in [-0.2, -0.15) is 0 Å². The van der Waals surface area contributed by atoms with Crippen LogP contribution < -0.4 is 10.1 Å². The molecule has 1 saturated heterocycles. The standard InChI is InChI=1S/C16H23NO3/c1-19-15-5-3-2-4-14(15)6-7-16(18)17-10-8-13-9-11-20-12-13/h2-5,13H,6-12H2,1H3,(H,17,18)/t13-/m0/s1. The third-order valence-corrected chi connectivity index (χ3v) is 3.71. The van der Waals surface area contributed by atoms with Gasteiger partial charge >= 0.3 is 0 Å². The highest BCUT2D eigenvalue weighted by Gasteiger charge is 2.15. The number of hydrogen-bond acceptors (Lipinski definition) is 3. The second-order valence-electron chi connectivity index (χ2n) is 5.18. The van der Waals surface area contributed by atoms with E-state index in [1.54, 1.807) is 7.11 Å². The number of ether oxygens (including phenoxy) is 2. The number of carbonyl (C=O) groups is 1. The van der Waals surface area contributed by atoms with Crippen LogP contribution in [-0.4, -0.2) is 32.8 Å². The summed E-state index contributed by atoms with van der Waals surface area (Å²) in [5.41, 5.74) is 1.08. The molecule has 0 saturated carbocycles. The Morgan fingerprint density at radius 3 is 3.05 bits per heavy atom. The zero-order chi connectivity index (χ0) is 14.2. The molecule has 0 radical (unpaired) electrons. The van der Waals surface area contributed by atoms with Crippen molar-refractivity contribution in [1.82, 2.24) is 5.32 Å². The number of nitrogens with one attached hydrogen (secondary N) is 1. The van der Waals surface area contributed by atoms with Crippen molar-refractivity contribution >= 4 is 5.91 Å². The van der Waals surface area contributed by atoms with Gasteiger partial charge in [0.1, 0.15) is 5.75 Å². The minimum atomic E-state index is 0.106. The van der Waals surface area contributed by atoms with Gasteiger partial charge in [-0.05, 0) is 36.8 Å². The van der Waals surface area contributed by atoms with E-state index >= 15 is 0 Å². The van der Waals surface area contributed by atoms with E-state index < -0.39 is 0 Å². The van der Waals surface area contributed by atoms with E-state index in [0.717, 1.165) is 43.9 Å². The average molecular weight is 277 g/mol. The number of aryl methyl sites for hydroxylation is 1. The summed E-state index contributed by atoms with van der Waals surface area (Å²) in [5, 5.41) is 2.98. The molecule has 1 fully saturated rings. The maximum absolute atomic E-state index is 11.8. The van der Waals surface area contributed by atoms with Crippen molar-refractivity contribution in [3.63, 3.8) is 0 Å². The lowest BCUT2D eigenvalue weighted by atomic mass is 10.1. The Balaban J connectivity index is 1.66. The van der Waals surface area contributed by atoms with E-state index in [-0.39, 0.29) is 5.91 Å². The van der Waals surface area contributed by atoms with Crippen LogP contribution in [0.3, 0.4) is 0 Å². The van der Waals surface area contributed by atoms with E-state index in [9.17, 15) is 4.79 Å². The molecule has 4 nitrogen and oxygen atoms in total. The molecule has 1 aliphatic heterocycles. The number of amides is 1. The molecule has 0 spiro atoms.